The lowest BCUT2D eigenvalue weighted by Crippen LogP contribution is -2.45. The average Bonchev–Trinajstić information content (AvgIpc) is 3.43. The molecule has 4 rings (SSSR count). The first kappa shape index (κ1) is 23.3. The Kier molecular flexibility index (Phi) is 7.40. The number of rotatable bonds is 8. The summed E-state index contributed by atoms with van der Waals surface area (Å²) in [5.74, 6) is -0.971. The largest absolute Gasteiger partial charge is 0.347 e. The normalized spacial score (nSPS) is 12.5. The van der Waals surface area contributed by atoms with E-state index in [0.29, 0.717) is 11.3 Å². The van der Waals surface area contributed by atoms with Crippen molar-refractivity contribution < 1.29 is 9.59 Å². The van der Waals surface area contributed by atoms with E-state index >= 15 is 0 Å². The number of alkyl halides is 1. The third-order valence-corrected chi connectivity index (χ3v) is 5.81. The summed E-state index contributed by atoms with van der Waals surface area (Å²) in [5, 5.41) is 3.05. The van der Waals surface area contributed by atoms with E-state index in [1.165, 1.54) is 4.90 Å². The maximum atomic E-state index is 13.6. The van der Waals surface area contributed by atoms with E-state index in [9.17, 15) is 9.59 Å². The van der Waals surface area contributed by atoms with Gasteiger partial charge in [-0.3, -0.25) is 19.5 Å². The average molecular weight is 473 g/mol. The second-order valence-electron chi connectivity index (χ2n) is 7.83. The number of carbonyl (C=O) groups excluding carboxylic acids is 2. The molecule has 2 aromatic carbocycles. The predicted molar refractivity (Wildman–Crippen MR) is 134 cm³/mol. The van der Waals surface area contributed by atoms with Crippen LogP contribution in [0.5, 0.6) is 0 Å². The van der Waals surface area contributed by atoms with Crippen molar-refractivity contribution in [1.82, 2.24) is 14.9 Å². The molecule has 4 aromatic rings. The predicted octanol–water partition coefficient (Wildman–Crippen LogP) is 5.06. The molecule has 0 bridgehead atoms. The molecule has 2 atom stereocenters. The van der Waals surface area contributed by atoms with Gasteiger partial charge in [0.2, 0.25) is 11.8 Å². The van der Waals surface area contributed by atoms with Gasteiger partial charge in [-0.25, -0.2) is 0 Å². The van der Waals surface area contributed by atoms with E-state index in [0.717, 1.165) is 11.3 Å². The Bertz CT molecular complexity index is 1210. The summed E-state index contributed by atoms with van der Waals surface area (Å²) in [6.45, 7) is 1.91. The fourth-order valence-corrected chi connectivity index (χ4v) is 4.00. The molecule has 0 saturated heterocycles. The van der Waals surface area contributed by atoms with Crippen LogP contribution in [0.25, 0.3) is 5.69 Å². The van der Waals surface area contributed by atoms with Gasteiger partial charge in [0.05, 0.1) is 6.04 Å². The summed E-state index contributed by atoms with van der Waals surface area (Å²) in [5.41, 5.74) is 3.06. The highest BCUT2D eigenvalue weighted by atomic mass is 35.5. The first-order valence-electron chi connectivity index (χ1n) is 10.9. The molecule has 0 fully saturated rings. The van der Waals surface area contributed by atoms with Crippen LogP contribution in [-0.4, -0.2) is 27.2 Å². The number of nitrogens with zero attached hydrogens (tertiary/aromatic N) is 3. The molecular formula is C27H25ClN4O2. The lowest BCUT2D eigenvalue weighted by Gasteiger charge is -2.32. The SMILES string of the molecule is C[C@H](NC(=O)[C@@H](c1cccnc1)N(C(=O)CCl)c1ccc(-n2cccc2)cc1)c1ccccc1. The summed E-state index contributed by atoms with van der Waals surface area (Å²) in [6, 6.07) is 23.3. The summed E-state index contributed by atoms with van der Waals surface area (Å²) < 4.78 is 1.96. The summed E-state index contributed by atoms with van der Waals surface area (Å²) in [6.07, 6.45) is 7.10. The van der Waals surface area contributed by atoms with Gasteiger partial charge in [-0.05, 0) is 55.0 Å². The van der Waals surface area contributed by atoms with Gasteiger partial charge in [0.1, 0.15) is 11.9 Å². The second-order valence-corrected chi connectivity index (χ2v) is 8.10. The highest BCUT2D eigenvalue weighted by molar-refractivity contribution is 6.29. The van der Waals surface area contributed by atoms with Gasteiger partial charge in [-0.15, -0.1) is 11.6 Å². The number of hydrogen-bond donors (Lipinski definition) is 1. The fraction of sp³-hybridized carbons (Fsp3) is 0.148. The first-order chi connectivity index (χ1) is 16.6. The number of halogens is 1. The molecule has 2 heterocycles. The highest BCUT2D eigenvalue weighted by Crippen LogP contribution is 2.30. The minimum atomic E-state index is -0.941. The Balaban J connectivity index is 1.71. The first-order valence-corrected chi connectivity index (χ1v) is 11.5. The molecule has 2 aromatic heterocycles. The molecule has 0 spiro atoms. The smallest absolute Gasteiger partial charge is 0.248 e. The zero-order valence-electron chi connectivity index (χ0n) is 18.7. The number of amides is 2. The molecule has 34 heavy (non-hydrogen) atoms. The Hall–Kier alpha value is -3.90. The summed E-state index contributed by atoms with van der Waals surface area (Å²) >= 11 is 6.00. The van der Waals surface area contributed by atoms with Crippen molar-refractivity contribution in [2.45, 2.75) is 19.0 Å². The molecule has 6 nitrogen and oxygen atoms in total. The molecule has 0 unspecified atom stereocenters. The van der Waals surface area contributed by atoms with E-state index in [1.54, 1.807) is 24.5 Å². The number of hydrogen-bond acceptors (Lipinski definition) is 3. The monoisotopic (exact) mass is 472 g/mol. The molecular weight excluding hydrogens is 448 g/mol. The van der Waals surface area contributed by atoms with Crippen LogP contribution in [0.2, 0.25) is 0 Å². The van der Waals surface area contributed by atoms with Crippen LogP contribution in [0.3, 0.4) is 0 Å². The number of benzene rings is 2. The van der Waals surface area contributed by atoms with Gasteiger partial charge in [-0.2, -0.15) is 0 Å². The number of anilines is 1. The summed E-state index contributed by atoms with van der Waals surface area (Å²) in [4.78, 5) is 32.3. The minimum Gasteiger partial charge on any atom is -0.347 e. The third-order valence-electron chi connectivity index (χ3n) is 5.58. The van der Waals surface area contributed by atoms with Gasteiger partial charge in [0.15, 0.2) is 0 Å². The summed E-state index contributed by atoms with van der Waals surface area (Å²) in [7, 11) is 0. The fourth-order valence-electron chi connectivity index (χ4n) is 3.87. The molecule has 1 N–H and O–H groups in total. The topological polar surface area (TPSA) is 67.2 Å². The second kappa shape index (κ2) is 10.8. The highest BCUT2D eigenvalue weighted by Gasteiger charge is 2.33. The van der Waals surface area contributed by atoms with Crippen LogP contribution in [-0.2, 0) is 9.59 Å². The van der Waals surface area contributed by atoms with E-state index in [1.807, 2.05) is 90.6 Å². The van der Waals surface area contributed by atoms with Crippen LogP contribution in [0.15, 0.2) is 104 Å². The lowest BCUT2D eigenvalue weighted by molar-refractivity contribution is -0.126. The zero-order valence-corrected chi connectivity index (χ0v) is 19.5. The Morgan fingerprint density at radius 3 is 2.24 bits per heavy atom. The molecule has 0 aliphatic carbocycles. The van der Waals surface area contributed by atoms with E-state index in [4.69, 9.17) is 11.6 Å². The Labute approximate surface area is 203 Å². The molecule has 2 amide bonds. The number of pyridine rings is 1. The van der Waals surface area contributed by atoms with E-state index in [-0.39, 0.29) is 23.7 Å². The van der Waals surface area contributed by atoms with Gasteiger partial charge in [0, 0.05) is 41.7 Å². The van der Waals surface area contributed by atoms with Crippen molar-refractivity contribution in [3.8, 4) is 5.69 Å². The standard InChI is InChI=1S/C27H25ClN4O2/c1-20(21-8-3-2-4-9-21)30-27(34)26(22-10-7-15-29-19-22)32(25(33)18-28)24-13-11-23(12-14-24)31-16-5-6-17-31/h2-17,19-20,26H,18H2,1H3,(H,30,34)/t20-,26+/m0/s1. The number of carbonyl (C=O) groups is 2. The molecule has 0 aliphatic heterocycles. The molecule has 0 radical (unpaired) electrons. The van der Waals surface area contributed by atoms with E-state index in [2.05, 4.69) is 10.3 Å². The third kappa shape index (κ3) is 5.18. The van der Waals surface area contributed by atoms with Crippen LogP contribution in [0, 0.1) is 0 Å². The maximum Gasteiger partial charge on any atom is 0.248 e. The van der Waals surface area contributed by atoms with Gasteiger partial charge in [-0.1, -0.05) is 36.4 Å². The van der Waals surface area contributed by atoms with Crippen LogP contribution < -0.4 is 10.2 Å². The molecule has 172 valence electrons. The van der Waals surface area contributed by atoms with Crippen molar-refractivity contribution in [2.75, 3.05) is 10.8 Å². The van der Waals surface area contributed by atoms with Crippen molar-refractivity contribution in [2.24, 2.45) is 0 Å². The molecule has 0 saturated carbocycles. The van der Waals surface area contributed by atoms with Crippen molar-refractivity contribution in [3.05, 3.63) is 115 Å². The number of nitrogens with one attached hydrogen (secondary N) is 1. The van der Waals surface area contributed by atoms with Crippen molar-refractivity contribution in [1.29, 1.82) is 0 Å². The van der Waals surface area contributed by atoms with Gasteiger partial charge < -0.3 is 9.88 Å². The van der Waals surface area contributed by atoms with Crippen LogP contribution in [0.4, 0.5) is 5.69 Å². The molecule has 0 aliphatic rings. The zero-order chi connectivity index (χ0) is 23.9. The van der Waals surface area contributed by atoms with Gasteiger partial charge in [0.25, 0.3) is 0 Å². The minimum absolute atomic E-state index is 0.253. The number of aromatic nitrogens is 2. The maximum absolute atomic E-state index is 13.6. The van der Waals surface area contributed by atoms with E-state index < -0.39 is 6.04 Å². The lowest BCUT2D eigenvalue weighted by atomic mass is 10.0. The Morgan fingerprint density at radius 1 is 0.941 bits per heavy atom. The van der Waals surface area contributed by atoms with Crippen molar-refractivity contribution in [3.63, 3.8) is 0 Å². The van der Waals surface area contributed by atoms with Gasteiger partial charge >= 0.3 is 0 Å². The van der Waals surface area contributed by atoms with Crippen LogP contribution >= 0.6 is 11.6 Å². The Morgan fingerprint density at radius 2 is 1.62 bits per heavy atom. The quantitative estimate of drug-likeness (QED) is 0.364. The molecule has 7 heteroatoms. The van der Waals surface area contributed by atoms with Crippen molar-refractivity contribution >= 4 is 29.1 Å². The van der Waals surface area contributed by atoms with Crippen LogP contribution in [0.1, 0.15) is 30.1 Å².